The zero-order valence-corrected chi connectivity index (χ0v) is 13.5. The second kappa shape index (κ2) is 4.58. The lowest BCUT2D eigenvalue weighted by Gasteiger charge is -2.72. The van der Waals surface area contributed by atoms with Gasteiger partial charge in [-0.05, 0) is 49.6 Å². The highest BCUT2D eigenvalue weighted by atomic mass is 16.6. The quantitative estimate of drug-likeness (QED) is 0.879. The number of ether oxygens (including phenoxy) is 2. The topological polar surface area (TPSA) is 82.1 Å². The highest BCUT2D eigenvalue weighted by molar-refractivity contribution is 5.96. The molecule has 6 heteroatoms. The number of aromatic hydroxyl groups is 1. The van der Waals surface area contributed by atoms with E-state index in [0.29, 0.717) is 32.4 Å². The van der Waals surface area contributed by atoms with E-state index < -0.39 is 23.2 Å². The lowest BCUT2D eigenvalue weighted by molar-refractivity contribution is -0.288. The van der Waals surface area contributed by atoms with Crippen molar-refractivity contribution in [3.05, 3.63) is 34.5 Å². The number of rotatable bonds is 2. The maximum absolute atomic E-state index is 12.7. The second-order valence-electron chi connectivity index (χ2n) is 7.36. The van der Waals surface area contributed by atoms with E-state index in [4.69, 9.17) is 9.47 Å². The summed E-state index contributed by atoms with van der Waals surface area (Å²) in [4.78, 5) is 12.6. The molecule has 1 saturated carbocycles. The number of carbonyl (C=O) groups is 1. The van der Waals surface area contributed by atoms with E-state index in [1.165, 1.54) is 0 Å². The molecule has 3 aliphatic heterocycles. The Bertz CT molecular complexity index is 736. The van der Waals surface area contributed by atoms with Crippen molar-refractivity contribution in [1.29, 1.82) is 0 Å². The molecule has 4 bridgehead atoms. The molecule has 2 aliphatic carbocycles. The molecular weight excluding hydrogens is 310 g/mol. The largest absolute Gasteiger partial charge is 0.785 e. The normalized spacial score (nSPS) is 42.9. The van der Waals surface area contributed by atoms with E-state index in [0.717, 1.165) is 16.2 Å². The molecule has 1 aromatic carbocycles. The van der Waals surface area contributed by atoms with Crippen molar-refractivity contribution >= 4 is 5.78 Å². The Kier molecular flexibility index (Phi) is 2.83. The molecule has 5 aliphatic rings. The van der Waals surface area contributed by atoms with Crippen molar-refractivity contribution in [2.24, 2.45) is 0 Å². The van der Waals surface area contributed by atoms with Crippen LogP contribution >= 0.6 is 0 Å². The Morgan fingerprint density at radius 3 is 3.08 bits per heavy atom. The van der Waals surface area contributed by atoms with Crippen LogP contribution < -0.4 is 0 Å². The number of hydroxylamine groups is 2. The summed E-state index contributed by atoms with van der Waals surface area (Å²) in [7, 11) is 0. The fourth-order valence-corrected chi connectivity index (χ4v) is 5.71. The third-order valence-electron chi connectivity index (χ3n) is 6.57. The zero-order chi connectivity index (χ0) is 16.7. The monoisotopic (exact) mass is 330 g/mol. The third-order valence-corrected chi connectivity index (χ3v) is 6.57. The second-order valence-corrected chi connectivity index (χ2v) is 7.36. The summed E-state index contributed by atoms with van der Waals surface area (Å²) in [6.07, 6.45) is 0.484. The number of fused-ring (bicyclic) bond motifs is 1. The minimum atomic E-state index is -0.718. The fourth-order valence-electron chi connectivity index (χ4n) is 5.71. The van der Waals surface area contributed by atoms with Gasteiger partial charge in [-0.15, -0.1) is 0 Å². The summed E-state index contributed by atoms with van der Waals surface area (Å²) in [6, 6.07) is 4.94. The van der Waals surface area contributed by atoms with Crippen LogP contribution in [0.2, 0.25) is 0 Å². The number of hydrogen-bond donors (Lipinski definition) is 1. The fraction of sp³-hybridized carbons (Fsp3) is 0.611. The number of hydrogen-bond acceptors (Lipinski definition) is 6. The van der Waals surface area contributed by atoms with Crippen molar-refractivity contribution < 1.29 is 19.4 Å². The number of ketones is 1. The van der Waals surface area contributed by atoms with Gasteiger partial charge in [-0.25, -0.2) is 0 Å². The minimum absolute atomic E-state index is 0.111. The molecule has 1 unspecified atom stereocenters. The summed E-state index contributed by atoms with van der Waals surface area (Å²) in [5, 5.41) is 23.9. The van der Waals surface area contributed by atoms with Crippen LogP contribution in [0.3, 0.4) is 0 Å². The van der Waals surface area contributed by atoms with Crippen LogP contribution in [0.5, 0.6) is 5.75 Å². The van der Waals surface area contributed by atoms with Crippen LogP contribution in [-0.4, -0.2) is 53.0 Å². The van der Waals surface area contributed by atoms with Gasteiger partial charge >= 0.3 is 0 Å². The molecule has 0 amide bonds. The van der Waals surface area contributed by atoms with E-state index in [9.17, 15) is 15.1 Å². The number of Topliss-reactive ketones (excluding diaryl/α,β-unsaturated/α-hetero) is 1. The predicted octanol–water partition coefficient (Wildman–Crippen LogP) is 1.27. The van der Waals surface area contributed by atoms with Gasteiger partial charge in [0, 0.05) is 19.1 Å². The van der Waals surface area contributed by atoms with E-state index >= 15 is 0 Å². The molecule has 4 fully saturated rings. The van der Waals surface area contributed by atoms with Gasteiger partial charge < -0.3 is 24.9 Å². The molecular formula is C18H20NO5-. The molecule has 1 aromatic rings. The van der Waals surface area contributed by atoms with E-state index in [1.54, 1.807) is 12.1 Å². The summed E-state index contributed by atoms with van der Waals surface area (Å²) >= 11 is 0. The van der Waals surface area contributed by atoms with Crippen molar-refractivity contribution in [2.75, 3.05) is 13.2 Å². The van der Waals surface area contributed by atoms with Gasteiger partial charge in [-0.1, -0.05) is 6.07 Å². The number of nitrogens with zero attached hydrogens (tertiary/aromatic N) is 1. The average Bonchev–Trinajstić information content (AvgIpc) is 2.57. The standard InChI is InChI=1S/C18H20NO5/c1-2-23-18-9-13-15(21)16(24-13)17(18)5-6-19(22)14(18)7-10-3-4-11(20)8-12(10)17/h3-4,8,13-14,16,20H,2,5-7,9H2,1H3/q-1/t13?,14-,16+,17+,18-/m1/s1. The maximum atomic E-state index is 12.7. The zero-order valence-electron chi connectivity index (χ0n) is 13.5. The SMILES string of the molecule is CCO[C@@]12CC3O[C@@H](C3=O)[C@@]13CCN([O-])[C@@H]2Cc1ccc(O)cc13. The maximum Gasteiger partial charge on any atom is 0.191 e. The van der Waals surface area contributed by atoms with Gasteiger partial charge in [-0.3, -0.25) is 4.79 Å². The average molecular weight is 330 g/mol. The molecule has 24 heavy (non-hydrogen) atoms. The smallest absolute Gasteiger partial charge is 0.191 e. The molecule has 5 atom stereocenters. The van der Waals surface area contributed by atoms with Crippen molar-refractivity contribution in [2.45, 2.75) is 55.5 Å². The number of piperidine rings is 1. The van der Waals surface area contributed by atoms with Crippen molar-refractivity contribution in [3.8, 4) is 5.75 Å². The number of carbonyl (C=O) groups excluding carboxylic acids is 1. The number of benzene rings is 1. The van der Waals surface area contributed by atoms with E-state index in [-0.39, 0.29) is 17.6 Å². The predicted molar refractivity (Wildman–Crippen MR) is 84.6 cm³/mol. The van der Waals surface area contributed by atoms with Gasteiger partial charge in [0.25, 0.3) is 0 Å². The van der Waals surface area contributed by atoms with E-state index in [1.807, 2.05) is 13.0 Å². The molecule has 6 nitrogen and oxygen atoms in total. The molecule has 6 rings (SSSR count). The molecule has 0 radical (unpaired) electrons. The minimum Gasteiger partial charge on any atom is -0.785 e. The third kappa shape index (κ3) is 1.45. The Hall–Kier alpha value is -1.47. The van der Waals surface area contributed by atoms with Crippen molar-refractivity contribution in [1.82, 2.24) is 5.06 Å². The van der Waals surface area contributed by atoms with Gasteiger partial charge in [0.05, 0.1) is 11.0 Å². The summed E-state index contributed by atoms with van der Waals surface area (Å²) in [5.41, 5.74) is 0.545. The first-order valence-electron chi connectivity index (χ1n) is 8.63. The van der Waals surface area contributed by atoms with Gasteiger partial charge in [-0.2, -0.15) is 0 Å². The van der Waals surface area contributed by atoms with E-state index in [2.05, 4.69) is 0 Å². The van der Waals surface area contributed by atoms with Crippen LogP contribution in [0.4, 0.5) is 0 Å². The van der Waals surface area contributed by atoms with Crippen molar-refractivity contribution in [3.63, 3.8) is 0 Å². The van der Waals surface area contributed by atoms with Crippen LogP contribution in [0.1, 0.15) is 30.9 Å². The van der Waals surface area contributed by atoms with Crippen LogP contribution in [0.25, 0.3) is 0 Å². The molecule has 3 heterocycles. The molecule has 1 N–H and O–H groups in total. The highest BCUT2D eigenvalue weighted by Crippen LogP contribution is 2.63. The summed E-state index contributed by atoms with van der Waals surface area (Å²) in [6.45, 7) is 2.76. The first-order valence-corrected chi connectivity index (χ1v) is 8.63. The van der Waals surface area contributed by atoms with Crippen LogP contribution in [-0.2, 0) is 26.1 Å². The lowest BCUT2D eigenvalue weighted by Crippen LogP contribution is -2.84. The first-order chi connectivity index (χ1) is 11.5. The Labute approximate surface area is 139 Å². The van der Waals surface area contributed by atoms with Crippen LogP contribution in [0.15, 0.2) is 18.2 Å². The van der Waals surface area contributed by atoms with Gasteiger partial charge in [0.1, 0.15) is 18.0 Å². The Morgan fingerprint density at radius 2 is 2.33 bits per heavy atom. The molecule has 0 aromatic heterocycles. The summed E-state index contributed by atoms with van der Waals surface area (Å²) in [5.74, 6) is 0.282. The molecule has 128 valence electrons. The molecule has 0 spiro atoms. The molecule has 3 saturated heterocycles. The van der Waals surface area contributed by atoms with Crippen LogP contribution in [0, 0.1) is 5.21 Å². The first kappa shape index (κ1) is 14.8. The Morgan fingerprint density at radius 1 is 1.50 bits per heavy atom. The Balaban J connectivity index is 1.81. The number of phenols is 1. The number of phenolic OH excluding ortho intramolecular Hbond substituents is 1. The van der Waals surface area contributed by atoms with Gasteiger partial charge in [0.2, 0.25) is 0 Å². The summed E-state index contributed by atoms with van der Waals surface area (Å²) < 4.78 is 12.2. The van der Waals surface area contributed by atoms with Gasteiger partial charge in [0.15, 0.2) is 5.78 Å². The lowest BCUT2D eigenvalue weighted by atomic mass is 9.46. The highest BCUT2D eigenvalue weighted by Gasteiger charge is 2.75.